The van der Waals surface area contributed by atoms with E-state index in [1.807, 2.05) is 4.90 Å². The molecule has 2 fully saturated rings. The highest BCUT2D eigenvalue weighted by Gasteiger charge is 2.43. The summed E-state index contributed by atoms with van der Waals surface area (Å²) >= 11 is 6.16. The van der Waals surface area contributed by atoms with Crippen LogP contribution in [0.25, 0.3) is 0 Å². The van der Waals surface area contributed by atoms with Crippen LogP contribution in [0.2, 0.25) is 5.15 Å². The molecule has 24 heavy (non-hydrogen) atoms. The standard InChI is InChI=1S/C16H21ClN4O3/c1-2-24-14(23)11-8-18-15(20-13(11)17)21-9-12(22)19-10-16(21)6-4-3-5-7-16/h8H,2-7,9-10H2,1H3,(H,19,22). The van der Waals surface area contributed by atoms with E-state index < -0.39 is 5.97 Å². The second-order valence-electron chi connectivity index (χ2n) is 6.24. The number of nitrogens with one attached hydrogen (secondary N) is 1. The fraction of sp³-hybridized carbons (Fsp3) is 0.625. The van der Waals surface area contributed by atoms with Gasteiger partial charge in [-0.2, -0.15) is 0 Å². The highest BCUT2D eigenvalue weighted by molar-refractivity contribution is 6.32. The molecule has 0 aromatic carbocycles. The van der Waals surface area contributed by atoms with Gasteiger partial charge in [0.2, 0.25) is 11.9 Å². The molecule has 1 amide bonds. The third kappa shape index (κ3) is 3.17. The van der Waals surface area contributed by atoms with Crippen molar-refractivity contribution in [2.24, 2.45) is 0 Å². The van der Waals surface area contributed by atoms with Gasteiger partial charge in [-0.3, -0.25) is 4.79 Å². The van der Waals surface area contributed by atoms with Crippen LogP contribution in [0.1, 0.15) is 49.4 Å². The highest BCUT2D eigenvalue weighted by atomic mass is 35.5. The molecule has 2 aliphatic rings. The number of ether oxygens (including phenoxy) is 1. The van der Waals surface area contributed by atoms with Gasteiger partial charge < -0.3 is 15.0 Å². The van der Waals surface area contributed by atoms with E-state index in [1.165, 1.54) is 12.6 Å². The molecular formula is C16H21ClN4O3. The third-order valence-electron chi connectivity index (χ3n) is 4.74. The summed E-state index contributed by atoms with van der Waals surface area (Å²) in [6.45, 7) is 2.77. The lowest BCUT2D eigenvalue weighted by molar-refractivity contribution is -0.121. The molecule has 1 aliphatic carbocycles. The number of esters is 1. The van der Waals surface area contributed by atoms with Crippen LogP contribution in [-0.2, 0) is 9.53 Å². The number of rotatable bonds is 3. The van der Waals surface area contributed by atoms with Gasteiger partial charge >= 0.3 is 5.97 Å². The summed E-state index contributed by atoms with van der Waals surface area (Å²) < 4.78 is 4.94. The van der Waals surface area contributed by atoms with E-state index >= 15 is 0 Å². The van der Waals surface area contributed by atoms with Gasteiger partial charge in [-0.15, -0.1) is 0 Å². The number of halogens is 1. The Morgan fingerprint density at radius 1 is 1.42 bits per heavy atom. The van der Waals surface area contributed by atoms with Gasteiger partial charge in [0.05, 0.1) is 12.1 Å². The molecule has 2 heterocycles. The van der Waals surface area contributed by atoms with Crippen molar-refractivity contribution in [3.8, 4) is 0 Å². The normalized spacial score (nSPS) is 19.9. The molecule has 1 saturated heterocycles. The number of aromatic nitrogens is 2. The van der Waals surface area contributed by atoms with Gasteiger partial charge in [0.1, 0.15) is 17.3 Å². The SMILES string of the molecule is CCOC(=O)c1cnc(N2CC(=O)NCC23CCCCC3)nc1Cl. The van der Waals surface area contributed by atoms with Crippen LogP contribution in [0.3, 0.4) is 0 Å². The number of hydrogen-bond donors (Lipinski definition) is 1. The minimum Gasteiger partial charge on any atom is -0.462 e. The molecule has 0 unspecified atom stereocenters. The van der Waals surface area contributed by atoms with Crippen LogP contribution in [0.15, 0.2) is 6.20 Å². The Labute approximate surface area is 145 Å². The van der Waals surface area contributed by atoms with E-state index in [4.69, 9.17) is 16.3 Å². The second kappa shape index (κ2) is 6.93. The van der Waals surface area contributed by atoms with Crippen LogP contribution in [0.5, 0.6) is 0 Å². The van der Waals surface area contributed by atoms with Crippen molar-refractivity contribution >= 4 is 29.4 Å². The molecule has 130 valence electrons. The Bertz CT molecular complexity index is 646. The van der Waals surface area contributed by atoms with Gasteiger partial charge in [-0.05, 0) is 19.8 Å². The molecule has 1 aromatic heterocycles. The monoisotopic (exact) mass is 352 g/mol. The number of amides is 1. The first kappa shape index (κ1) is 17.0. The summed E-state index contributed by atoms with van der Waals surface area (Å²) in [6, 6.07) is 0. The summed E-state index contributed by atoms with van der Waals surface area (Å²) in [6.07, 6.45) is 6.77. The fourth-order valence-electron chi connectivity index (χ4n) is 3.49. The topological polar surface area (TPSA) is 84.4 Å². The van der Waals surface area contributed by atoms with Crippen molar-refractivity contribution in [1.29, 1.82) is 0 Å². The predicted octanol–water partition coefficient (Wildman–Crippen LogP) is 1.95. The maximum Gasteiger partial charge on any atom is 0.342 e. The van der Waals surface area contributed by atoms with Crippen molar-refractivity contribution < 1.29 is 14.3 Å². The van der Waals surface area contributed by atoms with Gasteiger partial charge in [0.15, 0.2) is 0 Å². The molecule has 0 radical (unpaired) electrons. The first-order valence-electron chi connectivity index (χ1n) is 8.30. The number of carbonyl (C=O) groups is 2. The number of piperazine rings is 1. The number of carbonyl (C=O) groups excluding carboxylic acids is 2. The molecule has 8 heteroatoms. The lowest BCUT2D eigenvalue weighted by Crippen LogP contribution is -2.64. The third-order valence-corrected chi connectivity index (χ3v) is 5.03. The minimum absolute atomic E-state index is 0.0513. The maximum absolute atomic E-state index is 11.9. The minimum atomic E-state index is -0.544. The smallest absolute Gasteiger partial charge is 0.342 e. The molecule has 1 spiro atoms. The van der Waals surface area contributed by atoms with Gasteiger partial charge in [0, 0.05) is 12.7 Å². The van der Waals surface area contributed by atoms with E-state index in [-0.39, 0.29) is 35.3 Å². The zero-order valence-corrected chi connectivity index (χ0v) is 14.4. The summed E-state index contributed by atoms with van der Waals surface area (Å²) in [5.41, 5.74) is -0.0255. The van der Waals surface area contributed by atoms with Crippen molar-refractivity contribution in [2.45, 2.75) is 44.6 Å². The highest BCUT2D eigenvalue weighted by Crippen LogP contribution is 2.37. The Morgan fingerprint density at radius 2 is 2.17 bits per heavy atom. The van der Waals surface area contributed by atoms with Crippen molar-refractivity contribution in [3.05, 3.63) is 16.9 Å². The molecule has 0 bridgehead atoms. The van der Waals surface area contributed by atoms with E-state index in [1.54, 1.807) is 6.92 Å². The first-order chi connectivity index (χ1) is 11.6. The van der Waals surface area contributed by atoms with Crippen LogP contribution in [-0.4, -0.2) is 47.1 Å². The zero-order chi connectivity index (χ0) is 17.2. The van der Waals surface area contributed by atoms with Crippen molar-refractivity contribution in [2.75, 3.05) is 24.6 Å². The molecular weight excluding hydrogens is 332 g/mol. The van der Waals surface area contributed by atoms with Gasteiger partial charge in [-0.25, -0.2) is 14.8 Å². The summed E-state index contributed by atoms with van der Waals surface area (Å²) in [5.74, 6) is -0.206. The molecule has 3 rings (SSSR count). The average molecular weight is 353 g/mol. The molecule has 1 N–H and O–H groups in total. The molecule has 7 nitrogen and oxygen atoms in total. The molecule has 1 saturated carbocycles. The predicted molar refractivity (Wildman–Crippen MR) is 89.2 cm³/mol. The van der Waals surface area contributed by atoms with E-state index in [9.17, 15) is 9.59 Å². The second-order valence-corrected chi connectivity index (χ2v) is 6.60. The number of nitrogens with zero attached hydrogens (tertiary/aromatic N) is 3. The van der Waals surface area contributed by atoms with E-state index in [0.717, 1.165) is 25.7 Å². The molecule has 1 aromatic rings. The quantitative estimate of drug-likeness (QED) is 0.661. The number of hydrogen-bond acceptors (Lipinski definition) is 6. The Morgan fingerprint density at radius 3 is 2.83 bits per heavy atom. The fourth-order valence-corrected chi connectivity index (χ4v) is 3.69. The van der Waals surface area contributed by atoms with Crippen LogP contribution in [0.4, 0.5) is 5.95 Å². The van der Waals surface area contributed by atoms with Crippen LogP contribution >= 0.6 is 11.6 Å². The van der Waals surface area contributed by atoms with Crippen molar-refractivity contribution in [1.82, 2.24) is 15.3 Å². The molecule has 1 aliphatic heterocycles. The first-order valence-corrected chi connectivity index (χ1v) is 8.67. The number of anilines is 1. The molecule has 0 atom stereocenters. The summed E-state index contributed by atoms with van der Waals surface area (Å²) in [7, 11) is 0. The zero-order valence-electron chi connectivity index (χ0n) is 13.7. The Hall–Kier alpha value is -1.89. The summed E-state index contributed by atoms with van der Waals surface area (Å²) in [5, 5.41) is 3.01. The van der Waals surface area contributed by atoms with Crippen LogP contribution < -0.4 is 10.2 Å². The van der Waals surface area contributed by atoms with Crippen molar-refractivity contribution in [3.63, 3.8) is 0 Å². The van der Waals surface area contributed by atoms with Gasteiger partial charge in [0.25, 0.3) is 0 Å². The average Bonchev–Trinajstić information content (AvgIpc) is 2.58. The van der Waals surface area contributed by atoms with Gasteiger partial charge in [-0.1, -0.05) is 30.9 Å². The van der Waals surface area contributed by atoms with Crippen LogP contribution in [0, 0.1) is 0 Å². The largest absolute Gasteiger partial charge is 0.462 e. The van der Waals surface area contributed by atoms with E-state index in [2.05, 4.69) is 15.3 Å². The Kier molecular flexibility index (Phi) is 4.89. The van der Waals surface area contributed by atoms with E-state index in [0.29, 0.717) is 12.5 Å². The lowest BCUT2D eigenvalue weighted by Gasteiger charge is -2.49. The summed E-state index contributed by atoms with van der Waals surface area (Å²) in [4.78, 5) is 34.3. The lowest BCUT2D eigenvalue weighted by atomic mass is 9.79. The Balaban J connectivity index is 1.91. The maximum atomic E-state index is 11.9.